The maximum atomic E-state index is 12.1. The van der Waals surface area contributed by atoms with Gasteiger partial charge >= 0.3 is 0 Å². The maximum absolute atomic E-state index is 12.1. The molecule has 2 aromatic carbocycles. The molecule has 5 heteroatoms. The molecule has 100 valence electrons. The van der Waals surface area contributed by atoms with E-state index in [0.29, 0.717) is 22.0 Å². The Kier molecular flexibility index (Phi) is 3.08. The molecule has 0 aliphatic rings. The summed E-state index contributed by atoms with van der Waals surface area (Å²) in [5, 5.41) is 4.09. The number of hydrogen-bond donors (Lipinski definition) is 2. The van der Waals surface area contributed by atoms with Gasteiger partial charge in [-0.3, -0.25) is 4.79 Å². The Morgan fingerprint density at radius 1 is 1.15 bits per heavy atom. The van der Waals surface area contributed by atoms with E-state index in [2.05, 4.69) is 5.32 Å². The van der Waals surface area contributed by atoms with Gasteiger partial charge in [-0.25, -0.2) is 0 Å². The largest absolute Gasteiger partial charge is 0.451 e. The molecule has 0 aliphatic carbocycles. The summed E-state index contributed by atoms with van der Waals surface area (Å²) in [5.74, 6) is -0.115. The van der Waals surface area contributed by atoms with E-state index in [0.717, 1.165) is 5.39 Å². The summed E-state index contributed by atoms with van der Waals surface area (Å²) in [6.45, 7) is 0. The monoisotopic (exact) mass is 286 g/mol. The highest BCUT2D eigenvalue weighted by molar-refractivity contribution is 6.31. The van der Waals surface area contributed by atoms with Crippen LogP contribution in [0.4, 0.5) is 11.4 Å². The van der Waals surface area contributed by atoms with Crippen LogP contribution in [-0.2, 0) is 0 Å². The standard InChI is InChI=1S/C15H11ClN2O2/c16-10-5-6-12(11(17)8-10)18-15(19)14-7-9-3-1-2-4-13(9)20-14/h1-8H,17H2,(H,18,19). The van der Waals surface area contributed by atoms with Crippen LogP contribution in [0.2, 0.25) is 5.02 Å². The van der Waals surface area contributed by atoms with Crippen molar-refractivity contribution in [3.8, 4) is 0 Å². The molecule has 0 unspecified atom stereocenters. The molecule has 0 aliphatic heterocycles. The minimum absolute atomic E-state index is 0.237. The molecule has 4 nitrogen and oxygen atoms in total. The Morgan fingerprint density at radius 3 is 2.70 bits per heavy atom. The van der Waals surface area contributed by atoms with Crippen LogP contribution in [0.1, 0.15) is 10.6 Å². The van der Waals surface area contributed by atoms with Crippen LogP contribution < -0.4 is 11.1 Å². The number of halogens is 1. The van der Waals surface area contributed by atoms with Crippen LogP contribution in [0.25, 0.3) is 11.0 Å². The minimum Gasteiger partial charge on any atom is -0.451 e. The molecule has 0 saturated heterocycles. The van der Waals surface area contributed by atoms with E-state index in [1.165, 1.54) is 0 Å². The first kappa shape index (κ1) is 12.6. The Hall–Kier alpha value is -2.46. The normalized spacial score (nSPS) is 10.7. The third-order valence-corrected chi connectivity index (χ3v) is 3.15. The van der Waals surface area contributed by atoms with Gasteiger partial charge in [0.05, 0.1) is 11.4 Å². The second-order valence-electron chi connectivity index (χ2n) is 4.33. The molecule has 1 amide bonds. The molecule has 1 aromatic heterocycles. The predicted molar refractivity (Wildman–Crippen MR) is 80.0 cm³/mol. The zero-order valence-electron chi connectivity index (χ0n) is 10.4. The van der Waals surface area contributed by atoms with Crippen molar-refractivity contribution in [3.63, 3.8) is 0 Å². The van der Waals surface area contributed by atoms with Gasteiger partial charge in [-0.05, 0) is 30.3 Å². The molecular formula is C15H11ClN2O2. The Morgan fingerprint density at radius 2 is 1.95 bits per heavy atom. The smallest absolute Gasteiger partial charge is 0.291 e. The van der Waals surface area contributed by atoms with E-state index in [9.17, 15) is 4.79 Å². The lowest BCUT2D eigenvalue weighted by molar-refractivity contribution is 0.0999. The summed E-state index contributed by atoms with van der Waals surface area (Å²) in [4.78, 5) is 12.1. The highest BCUT2D eigenvalue weighted by Gasteiger charge is 2.13. The second-order valence-corrected chi connectivity index (χ2v) is 4.77. The zero-order chi connectivity index (χ0) is 14.1. The van der Waals surface area contributed by atoms with E-state index in [1.54, 1.807) is 24.3 Å². The predicted octanol–water partition coefficient (Wildman–Crippen LogP) is 3.92. The fraction of sp³-hybridized carbons (Fsp3) is 0. The number of rotatable bonds is 2. The van der Waals surface area contributed by atoms with Crippen molar-refractivity contribution in [2.75, 3.05) is 11.1 Å². The number of hydrogen-bond acceptors (Lipinski definition) is 3. The maximum Gasteiger partial charge on any atom is 0.291 e. The van der Waals surface area contributed by atoms with Crippen molar-refractivity contribution in [1.82, 2.24) is 0 Å². The summed E-state index contributed by atoms with van der Waals surface area (Å²) < 4.78 is 5.49. The zero-order valence-corrected chi connectivity index (χ0v) is 11.1. The van der Waals surface area contributed by atoms with Gasteiger partial charge in [-0.2, -0.15) is 0 Å². The van der Waals surface area contributed by atoms with Gasteiger partial charge in [-0.15, -0.1) is 0 Å². The lowest BCUT2D eigenvalue weighted by atomic mass is 10.2. The SMILES string of the molecule is Nc1cc(Cl)ccc1NC(=O)c1cc2ccccc2o1. The van der Waals surface area contributed by atoms with Crippen LogP contribution in [0.5, 0.6) is 0 Å². The molecule has 20 heavy (non-hydrogen) atoms. The van der Waals surface area contributed by atoms with Crippen molar-refractivity contribution in [2.24, 2.45) is 0 Å². The van der Waals surface area contributed by atoms with Gasteiger partial charge in [0.25, 0.3) is 5.91 Å². The number of nitrogens with one attached hydrogen (secondary N) is 1. The highest BCUT2D eigenvalue weighted by atomic mass is 35.5. The van der Waals surface area contributed by atoms with E-state index in [1.807, 2.05) is 24.3 Å². The number of fused-ring (bicyclic) bond motifs is 1. The first-order valence-electron chi connectivity index (χ1n) is 5.98. The number of anilines is 2. The molecule has 1 heterocycles. The number of furan rings is 1. The third kappa shape index (κ3) is 2.33. The quantitative estimate of drug-likeness (QED) is 0.702. The molecule has 0 spiro atoms. The molecule has 0 bridgehead atoms. The average Bonchev–Trinajstić information content (AvgIpc) is 2.86. The van der Waals surface area contributed by atoms with Gasteiger partial charge in [0.15, 0.2) is 5.76 Å². The summed E-state index contributed by atoms with van der Waals surface area (Å²) in [6.07, 6.45) is 0. The molecule has 0 atom stereocenters. The van der Waals surface area contributed by atoms with Gasteiger partial charge in [0.1, 0.15) is 5.58 Å². The summed E-state index contributed by atoms with van der Waals surface area (Å²) in [5.41, 5.74) is 7.37. The molecule has 3 N–H and O–H groups in total. The van der Waals surface area contributed by atoms with Crippen LogP contribution in [-0.4, -0.2) is 5.91 Å². The lowest BCUT2D eigenvalue weighted by Crippen LogP contribution is -2.12. The van der Waals surface area contributed by atoms with Crippen molar-refractivity contribution < 1.29 is 9.21 Å². The van der Waals surface area contributed by atoms with E-state index in [-0.39, 0.29) is 11.7 Å². The van der Waals surface area contributed by atoms with E-state index < -0.39 is 0 Å². The average molecular weight is 287 g/mol. The number of para-hydroxylation sites is 1. The number of benzene rings is 2. The van der Waals surface area contributed by atoms with Crippen LogP contribution >= 0.6 is 11.6 Å². The topological polar surface area (TPSA) is 68.3 Å². The van der Waals surface area contributed by atoms with Gasteiger partial charge in [0.2, 0.25) is 0 Å². The third-order valence-electron chi connectivity index (χ3n) is 2.91. The first-order chi connectivity index (χ1) is 9.63. The fourth-order valence-electron chi connectivity index (χ4n) is 1.93. The summed E-state index contributed by atoms with van der Waals surface area (Å²) in [6, 6.07) is 14.0. The molecule has 0 fully saturated rings. The number of carbonyl (C=O) groups is 1. The Balaban J connectivity index is 1.89. The molecule has 0 saturated carbocycles. The van der Waals surface area contributed by atoms with Crippen molar-refractivity contribution in [3.05, 3.63) is 59.3 Å². The fourth-order valence-corrected chi connectivity index (χ4v) is 2.11. The lowest BCUT2D eigenvalue weighted by Gasteiger charge is -2.06. The number of nitrogens with two attached hydrogens (primary N) is 1. The Labute approximate surface area is 120 Å². The second kappa shape index (κ2) is 4.90. The highest BCUT2D eigenvalue weighted by Crippen LogP contribution is 2.24. The molecular weight excluding hydrogens is 276 g/mol. The van der Waals surface area contributed by atoms with Crippen LogP contribution in [0.3, 0.4) is 0 Å². The van der Waals surface area contributed by atoms with Gasteiger partial charge in [0, 0.05) is 10.4 Å². The van der Waals surface area contributed by atoms with Crippen molar-refractivity contribution >= 4 is 39.9 Å². The number of nitrogen functional groups attached to an aromatic ring is 1. The van der Waals surface area contributed by atoms with E-state index >= 15 is 0 Å². The van der Waals surface area contributed by atoms with Crippen molar-refractivity contribution in [2.45, 2.75) is 0 Å². The molecule has 3 rings (SSSR count). The van der Waals surface area contributed by atoms with Crippen molar-refractivity contribution in [1.29, 1.82) is 0 Å². The number of carbonyl (C=O) groups excluding carboxylic acids is 1. The van der Waals surface area contributed by atoms with Gasteiger partial charge in [-0.1, -0.05) is 29.8 Å². The van der Waals surface area contributed by atoms with Gasteiger partial charge < -0.3 is 15.5 Å². The van der Waals surface area contributed by atoms with Crippen LogP contribution in [0.15, 0.2) is 52.9 Å². The first-order valence-corrected chi connectivity index (χ1v) is 6.36. The van der Waals surface area contributed by atoms with E-state index in [4.69, 9.17) is 21.8 Å². The number of amides is 1. The summed E-state index contributed by atoms with van der Waals surface area (Å²) >= 11 is 5.81. The molecule has 0 radical (unpaired) electrons. The van der Waals surface area contributed by atoms with Crippen LogP contribution in [0, 0.1) is 0 Å². The summed E-state index contributed by atoms with van der Waals surface area (Å²) in [7, 11) is 0. The Bertz CT molecular complexity index is 762. The molecule has 3 aromatic rings. The minimum atomic E-state index is -0.352.